The molecule has 0 unspecified atom stereocenters. The van der Waals surface area contributed by atoms with Gasteiger partial charge in [0.05, 0.1) is 12.8 Å². The number of pyridine rings is 1. The van der Waals surface area contributed by atoms with Crippen molar-refractivity contribution in [1.82, 2.24) is 10.3 Å². The highest BCUT2D eigenvalue weighted by Gasteiger charge is 2.08. The molecule has 0 atom stereocenters. The van der Waals surface area contributed by atoms with Crippen molar-refractivity contribution in [2.75, 3.05) is 13.7 Å². The second-order valence-corrected chi connectivity index (χ2v) is 4.84. The van der Waals surface area contributed by atoms with Crippen LogP contribution in [0.2, 0.25) is 0 Å². The number of ether oxygens (including phenoxy) is 1. The molecule has 0 spiro atoms. The summed E-state index contributed by atoms with van der Waals surface area (Å²) in [6, 6.07) is 5.81. The number of aromatic nitrogens is 1. The Morgan fingerprint density at radius 1 is 1.33 bits per heavy atom. The molecule has 0 amide bonds. The van der Waals surface area contributed by atoms with Crippen molar-refractivity contribution in [2.24, 2.45) is 5.41 Å². The van der Waals surface area contributed by atoms with Crippen molar-refractivity contribution in [3.05, 3.63) is 23.9 Å². The summed E-state index contributed by atoms with van der Waals surface area (Å²) in [4.78, 5) is 4.33. The predicted octanol–water partition coefficient (Wildman–Crippen LogP) is 2.23. The van der Waals surface area contributed by atoms with E-state index in [0.717, 1.165) is 18.8 Å². The maximum atomic E-state index is 5.06. The minimum Gasteiger partial charge on any atom is -0.481 e. The second-order valence-electron chi connectivity index (χ2n) is 4.84. The maximum Gasteiger partial charge on any atom is 0.213 e. The summed E-state index contributed by atoms with van der Waals surface area (Å²) < 4.78 is 5.06. The summed E-state index contributed by atoms with van der Waals surface area (Å²) in [5, 5.41) is 3.37. The largest absolute Gasteiger partial charge is 0.481 e. The number of hydrogen-bond donors (Lipinski definition) is 1. The van der Waals surface area contributed by atoms with Crippen LogP contribution in [0.3, 0.4) is 0 Å². The van der Waals surface area contributed by atoms with Gasteiger partial charge in [0.1, 0.15) is 0 Å². The Kier molecular flexibility index (Phi) is 4.09. The summed E-state index contributed by atoms with van der Waals surface area (Å²) in [5.41, 5.74) is 1.32. The highest BCUT2D eigenvalue weighted by atomic mass is 16.5. The molecule has 3 heteroatoms. The van der Waals surface area contributed by atoms with Crippen molar-refractivity contribution >= 4 is 0 Å². The fourth-order valence-corrected chi connectivity index (χ4v) is 1.24. The molecule has 1 aromatic rings. The Morgan fingerprint density at radius 3 is 2.67 bits per heavy atom. The van der Waals surface area contributed by atoms with Crippen molar-refractivity contribution in [3.63, 3.8) is 0 Å². The van der Waals surface area contributed by atoms with Gasteiger partial charge in [0.25, 0.3) is 0 Å². The van der Waals surface area contributed by atoms with Gasteiger partial charge < -0.3 is 10.1 Å². The highest BCUT2D eigenvalue weighted by Crippen LogP contribution is 2.11. The zero-order valence-corrected chi connectivity index (χ0v) is 10.0. The van der Waals surface area contributed by atoms with Crippen molar-refractivity contribution in [2.45, 2.75) is 27.3 Å². The van der Waals surface area contributed by atoms with Gasteiger partial charge in [0.2, 0.25) is 5.88 Å². The molecule has 0 saturated carbocycles. The van der Waals surface area contributed by atoms with Crippen LogP contribution in [0.1, 0.15) is 26.5 Å². The van der Waals surface area contributed by atoms with Crippen molar-refractivity contribution in [1.29, 1.82) is 0 Å². The Hall–Kier alpha value is -1.09. The Balaban J connectivity index is 2.44. The van der Waals surface area contributed by atoms with Gasteiger partial charge in [-0.3, -0.25) is 0 Å². The van der Waals surface area contributed by atoms with Gasteiger partial charge in [-0.05, 0) is 11.5 Å². The van der Waals surface area contributed by atoms with Crippen LogP contribution in [0.4, 0.5) is 0 Å². The van der Waals surface area contributed by atoms with Crippen LogP contribution in [0.25, 0.3) is 0 Å². The number of nitrogens with zero attached hydrogens (tertiary/aromatic N) is 1. The molecular weight excluding hydrogens is 188 g/mol. The zero-order valence-electron chi connectivity index (χ0n) is 10.0. The van der Waals surface area contributed by atoms with E-state index in [1.165, 1.54) is 0 Å². The highest BCUT2D eigenvalue weighted by molar-refractivity contribution is 5.15. The van der Waals surface area contributed by atoms with Crippen LogP contribution in [-0.2, 0) is 6.54 Å². The standard InChI is InChI=1S/C12H20N2O/c1-12(2,3)9-13-8-10-6-5-7-11(14-10)15-4/h5-7,13H,8-9H2,1-4H3. The van der Waals surface area contributed by atoms with Gasteiger partial charge >= 0.3 is 0 Å². The minimum absolute atomic E-state index is 0.304. The normalized spacial score (nSPS) is 11.5. The van der Waals surface area contributed by atoms with Crippen LogP contribution >= 0.6 is 0 Å². The molecule has 0 saturated heterocycles. The lowest BCUT2D eigenvalue weighted by Gasteiger charge is -2.18. The van der Waals surface area contributed by atoms with Crippen molar-refractivity contribution in [3.8, 4) is 5.88 Å². The molecule has 0 aliphatic heterocycles. The fourth-order valence-electron chi connectivity index (χ4n) is 1.24. The summed E-state index contributed by atoms with van der Waals surface area (Å²) in [5.74, 6) is 0.671. The number of hydrogen-bond acceptors (Lipinski definition) is 3. The van der Waals surface area contributed by atoms with E-state index in [0.29, 0.717) is 11.3 Å². The molecule has 1 aromatic heterocycles. The lowest BCUT2D eigenvalue weighted by molar-refractivity contribution is 0.374. The zero-order chi connectivity index (χ0) is 11.3. The summed E-state index contributed by atoms with van der Waals surface area (Å²) in [6.45, 7) is 8.39. The lowest BCUT2D eigenvalue weighted by atomic mass is 9.97. The molecule has 0 aliphatic carbocycles. The van der Waals surface area contributed by atoms with E-state index in [1.54, 1.807) is 7.11 Å². The minimum atomic E-state index is 0.304. The molecule has 84 valence electrons. The topological polar surface area (TPSA) is 34.1 Å². The monoisotopic (exact) mass is 208 g/mol. The molecule has 1 heterocycles. The van der Waals surface area contributed by atoms with Crippen LogP contribution in [0.15, 0.2) is 18.2 Å². The lowest BCUT2D eigenvalue weighted by Crippen LogP contribution is -2.26. The molecule has 0 aliphatic rings. The number of methoxy groups -OCH3 is 1. The van der Waals surface area contributed by atoms with Crippen molar-refractivity contribution < 1.29 is 4.74 Å². The van der Waals surface area contributed by atoms with Gasteiger partial charge in [0, 0.05) is 19.2 Å². The third kappa shape index (κ3) is 4.79. The average Bonchev–Trinajstić information content (AvgIpc) is 2.16. The van der Waals surface area contributed by atoms with E-state index < -0.39 is 0 Å². The second kappa shape index (κ2) is 5.12. The quantitative estimate of drug-likeness (QED) is 0.824. The van der Waals surface area contributed by atoms with Crippen LogP contribution in [-0.4, -0.2) is 18.6 Å². The van der Waals surface area contributed by atoms with E-state index in [9.17, 15) is 0 Å². The first-order valence-corrected chi connectivity index (χ1v) is 5.22. The first-order chi connectivity index (χ1) is 7.01. The molecule has 0 fully saturated rings. The molecular formula is C12H20N2O. The predicted molar refractivity (Wildman–Crippen MR) is 62.0 cm³/mol. The number of nitrogens with one attached hydrogen (secondary N) is 1. The number of rotatable bonds is 4. The molecule has 0 radical (unpaired) electrons. The molecule has 0 aromatic carbocycles. The summed E-state index contributed by atoms with van der Waals surface area (Å²) in [7, 11) is 1.63. The molecule has 0 bridgehead atoms. The van der Waals surface area contributed by atoms with Gasteiger partial charge in [-0.2, -0.15) is 0 Å². The maximum absolute atomic E-state index is 5.06. The SMILES string of the molecule is COc1cccc(CNCC(C)(C)C)n1. The van der Waals surface area contributed by atoms with Gasteiger partial charge in [-0.25, -0.2) is 4.98 Å². The van der Waals surface area contributed by atoms with Gasteiger partial charge in [0.15, 0.2) is 0 Å². The smallest absolute Gasteiger partial charge is 0.213 e. The molecule has 1 N–H and O–H groups in total. The van der Waals surface area contributed by atoms with E-state index in [-0.39, 0.29) is 0 Å². The molecule has 15 heavy (non-hydrogen) atoms. The van der Waals surface area contributed by atoms with E-state index >= 15 is 0 Å². The van der Waals surface area contributed by atoms with E-state index in [1.807, 2.05) is 18.2 Å². The van der Waals surface area contributed by atoms with E-state index in [2.05, 4.69) is 31.1 Å². The Bertz CT molecular complexity index is 305. The fraction of sp³-hybridized carbons (Fsp3) is 0.583. The van der Waals surface area contributed by atoms with Gasteiger partial charge in [-0.1, -0.05) is 26.8 Å². The Labute approximate surface area is 91.9 Å². The van der Waals surface area contributed by atoms with Crippen LogP contribution in [0, 0.1) is 5.41 Å². The average molecular weight is 208 g/mol. The first kappa shape index (κ1) is 12.0. The molecule has 1 rings (SSSR count). The van der Waals surface area contributed by atoms with Crippen LogP contribution in [0.5, 0.6) is 5.88 Å². The van der Waals surface area contributed by atoms with Crippen LogP contribution < -0.4 is 10.1 Å². The Morgan fingerprint density at radius 2 is 2.07 bits per heavy atom. The third-order valence-electron chi connectivity index (χ3n) is 1.95. The third-order valence-corrected chi connectivity index (χ3v) is 1.95. The van der Waals surface area contributed by atoms with E-state index in [4.69, 9.17) is 4.74 Å². The molecule has 3 nitrogen and oxygen atoms in total. The van der Waals surface area contributed by atoms with Gasteiger partial charge in [-0.15, -0.1) is 0 Å². The summed E-state index contributed by atoms with van der Waals surface area (Å²) >= 11 is 0. The summed E-state index contributed by atoms with van der Waals surface area (Å²) in [6.07, 6.45) is 0. The first-order valence-electron chi connectivity index (χ1n) is 5.22.